The van der Waals surface area contributed by atoms with Crippen molar-refractivity contribution in [2.24, 2.45) is 0 Å². The van der Waals surface area contributed by atoms with Gasteiger partial charge in [0.1, 0.15) is 0 Å². The number of hydrogen-bond acceptors (Lipinski definition) is 3. The molecule has 46 heavy (non-hydrogen) atoms. The number of pyridine rings is 1. The third kappa shape index (κ3) is 4.49. The monoisotopic (exact) mass is 585 g/mol. The maximum Gasteiger partial charge on any atom is 0.161 e. The van der Waals surface area contributed by atoms with E-state index in [1.807, 2.05) is 18.3 Å². The summed E-state index contributed by atoms with van der Waals surface area (Å²) >= 11 is 0. The van der Waals surface area contributed by atoms with E-state index in [1.165, 1.54) is 38.1 Å². The molecule has 0 aliphatic heterocycles. The zero-order chi connectivity index (χ0) is 30.5. The second-order valence-corrected chi connectivity index (χ2v) is 11.7. The van der Waals surface area contributed by atoms with E-state index in [-0.39, 0.29) is 0 Å². The lowest BCUT2D eigenvalue weighted by Gasteiger charge is -2.15. The first kappa shape index (κ1) is 26.2. The summed E-state index contributed by atoms with van der Waals surface area (Å²) in [6.45, 7) is 0. The quantitative estimate of drug-likeness (QED) is 0.189. The lowest BCUT2D eigenvalue weighted by Crippen LogP contribution is -1.97. The van der Waals surface area contributed by atoms with Gasteiger partial charge in [0.15, 0.2) is 5.82 Å². The van der Waals surface area contributed by atoms with Crippen molar-refractivity contribution in [1.82, 2.24) is 15.0 Å². The van der Waals surface area contributed by atoms with Crippen LogP contribution in [0.25, 0.3) is 88.5 Å². The molecule has 0 bridgehead atoms. The summed E-state index contributed by atoms with van der Waals surface area (Å²) in [4.78, 5) is 14.7. The molecule has 0 N–H and O–H groups in total. The topological polar surface area (TPSA) is 38.7 Å². The number of rotatable bonds is 5. The summed E-state index contributed by atoms with van der Waals surface area (Å²) < 4.78 is 0. The second kappa shape index (κ2) is 10.8. The van der Waals surface area contributed by atoms with E-state index in [0.29, 0.717) is 5.82 Å². The Hall–Kier alpha value is -6.19. The molecule has 2 heterocycles. The van der Waals surface area contributed by atoms with Crippen molar-refractivity contribution in [2.45, 2.75) is 0 Å². The fraction of sp³-hybridized carbons (Fsp3) is 0. The molecule has 0 unspecified atom stereocenters. The molecule has 0 aliphatic rings. The van der Waals surface area contributed by atoms with Gasteiger partial charge in [0, 0.05) is 29.1 Å². The first-order chi connectivity index (χ1) is 22.8. The highest BCUT2D eigenvalue weighted by molar-refractivity contribution is 6.25. The van der Waals surface area contributed by atoms with Gasteiger partial charge in [-0.15, -0.1) is 0 Å². The SMILES string of the molecule is c1ccc(-c2ccc(-c3cc(-c4ccc(-c5cccnc5)cc4)nc(-c4ccc5ccc6cccc7ccc4c5c67)n3)cc2)cc1. The normalized spacial score (nSPS) is 11.5. The van der Waals surface area contributed by atoms with Gasteiger partial charge in [-0.3, -0.25) is 4.98 Å². The third-order valence-corrected chi connectivity index (χ3v) is 8.96. The predicted octanol–water partition coefficient (Wildman–Crippen LogP) is 11.1. The molecule has 7 aromatic carbocycles. The Morgan fingerprint density at radius 1 is 0.370 bits per heavy atom. The van der Waals surface area contributed by atoms with Crippen LogP contribution in [-0.4, -0.2) is 15.0 Å². The molecule has 9 rings (SSSR count). The number of aromatic nitrogens is 3. The minimum Gasteiger partial charge on any atom is -0.264 e. The fourth-order valence-corrected chi connectivity index (χ4v) is 6.62. The van der Waals surface area contributed by atoms with Gasteiger partial charge in [-0.2, -0.15) is 0 Å². The summed E-state index contributed by atoms with van der Waals surface area (Å²) in [6, 6.07) is 53.6. The summed E-state index contributed by atoms with van der Waals surface area (Å²) in [5.41, 5.74) is 9.47. The third-order valence-electron chi connectivity index (χ3n) is 8.96. The Bertz CT molecular complexity index is 2370. The largest absolute Gasteiger partial charge is 0.264 e. The van der Waals surface area contributed by atoms with E-state index in [2.05, 4.69) is 145 Å². The van der Waals surface area contributed by atoms with Crippen molar-refractivity contribution in [2.75, 3.05) is 0 Å². The molecule has 214 valence electrons. The summed E-state index contributed by atoms with van der Waals surface area (Å²) in [5, 5.41) is 7.43. The second-order valence-electron chi connectivity index (χ2n) is 11.7. The van der Waals surface area contributed by atoms with Crippen molar-refractivity contribution < 1.29 is 0 Å². The molecule has 0 aliphatic carbocycles. The average molecular weight is 586 g/mol. The van der Waals surface area contributed by atoms with Gasteiger partial charge in [0.05, 0.1) is 11.4 Å². The number of benzene rings is 7. The van der Waals surface area contributed by atoms with Crippen LogP contribution in [0.2, 0.25) is 0 Å². The molecule has 0 saturated heterocycles. The molecule has 0 spiro atoms. The van der Waals surface area contributed by atoms with Crippen molar-refractivity contribution >= 4 is 32.3 Å². The molecule has 0 radical (unpaired) electrons. The lowest BCUT2D eigenvalue weighted by atomic mass is 9.91. The molecule has 0 saturated carbocycles. The molecule has 0 amide bonds. The van der Waals surface area contributed by atoms with E-state index in [9.17, 15) is 0 Å². The van der Waals surface area contributed by atoms with Crippen LogP contribution in [0.15, 0.2) is 164 Å². The standard InChI is InChI=1S/C43H27N3/c1-2-6-28(7-3-1)29-11-15-31(16-12-29)39-26-40(32-17-13-30(14-18-32)36-10-5-25-44-27-36)46-43(45-39)38-24-22-35-20-19-33-8-4-9-34-21-23-37(38)42(35)41(33)34/h1-27H. The zero-order valence-corrected chi connectivity index (χ0v) is 24.9. The Labute approximate surface area is 266 Å². The van der Waals surface area contributed by atoms with Gasteiger partial charge < -0.3 is 0 Å². The zero-order valence-electron chi connectivity index (χ0n) is 24.9. The Kier molecular flexibility index (Phi) is 6.14. The van der Waals surface area contributed by atoms with Crippen LogP contribution < -0.4 is 0 Å². The number of nitrogens with zero attached hydrogens (tertiary/aromatic N) is 3. The van der Waals surface area contributed by atoms with Crippen LogP contribution in [0.4, 0.5) is 0 Å². The minimum absolute atomic E-state index is 0.717. The minimum atomic E-state index is 0.717. The van der Waals surface area contributed by atoms with Gasteiger partial charge in [0.2, 0.25) is 0 Å². The van der Waals surface area contributed by atoms with Gasteiger partial charge >= 0.3 is 0 Å². The van der Waals surface area contributed by atoms with Crippen molar-refractivity contribution in [3.8, 4) is 56.2 Å². The van der Waals surface area contributed by atoms with Gasteiger partial charge in [0.25, 0.3) is 0 Å². The van der Waals surface area contributed by atoms with Crippen LogP contribution >= 0.6 is 0 Å². The van der Waals surface area contributed by atoms with Crippen LogP contribution in [-0.2, 0) is 0 Å². The van der Waals surface area contributed by atoms with Crippen LogP contribution in [0, 0.1) is 0 Å². The molecule has 0 atom stereocenters. The highest BCUT2D eigenvalue weighted by Gasteiger charge is 2.16. The van der Waals surface area contributed by atoms with Crippen molar-refractivity contribution in [3.05, 3.63) is 164 Å². The van der Waals surface area contributed by atoms with Gasteiger partial charge in [-0.1, -0.05) is 133 Å². The fourth-order valence-electron chi connectivity index (χ4n) is 6.62. The maximum atomic E-state index is 5.23. The average Bonchev–Trinajstić information content (AvgIpc) is 3.14. The van der Waals surface area contributed by atoms with Crippen LogP contribution in [0.5, 0.6) is 0 Å². The summed E-state index contributed by atoms with van der Waals surface area (Å²) in [5.74, 6) is 0.717. The van der Waals surface area contributed by atoms with E-state index in [1.54, 1.807) is 6.20 Å². The molecule has 9 aromatic rings. The molecule has 3 heteroatoms. The van der Waals surface area contributed by atoms with Crippen LogP contribution in [0.1, 0.15) is 0 Å². The molecule has 2 aromatic heterocycles. The van der Waals surface area contributed by atoms with Gasteiger partial charge in [-0.05, 0) is 72.8 Å². The first-order valence-corrected chi connectivity index (χ1v) is 15.5. The molecule has 0 fully saturated rings. The van der Waals surface area contributed by atoms with Crippen molar-refractivity contribution in [1.29, 1.82) is 0 Å². The molecule has 3 nitrogen and oxygen atoms in total. The van der Waals surface area contributed by atoms with E-state index < -0.39 is 0 Å². The smallest absolute Gasteiger partial charge is 0.161 e. The van der Waals surface area contributed by atoms with Crippen LogP contribution in [0.3, 0.4) is 0 Å². The van der Waals surface area contributed by atoms with E-state index in [4.69, 9.17) is 9.97 Å². The first-order valence-electron chi connectivity index (χ1n) is 15.5. The summed E-state index contributed by atoms with van der Waals surface area (Å²) in [7, 11) is 0. The Morgan fingerprint density at radius 2 is 0.913 bits per heavy atom. The molecular formula is C43H27N3. The van der Waals surface area contributed by atoms with E-state index in [0.717, 1.165) is 44.6 Å². The highest BCUT2D eigenvalue weighted by Crippen LogP contribution is 2.39. The maximum absolute atomic E-state index is 5.23. The summed E-state index contributed by atoms with van der Waals surface area (Å²) in [6.07, 6.45) is 3.69. The Balaban J connectivity index is 1.22. The number of hydrogen-bond donors (Lipinski definition) is 0. The van der Waals surface area contributed by atoms with Crippen molar-refractivity contribution in [3.63, 3.8) is 0 Å². The molecular weight excluding hydrogens is 558 g/mol. The lowest BCUT2D eigenvalue weighted by molar-refractivity contribution is 1.19. The Morgan fingerprint density at radius 3 is 1.57 bits per heavy atom. The van der Waals surface area contributed by atoms with Gasteiger partial charge in [-0.25, -0.2) is 9.97 Å². The van der Waals surface area contributed by atoms with E-state index >= 15 is 0 Å². The highest BCUT2D eigenvalue weighted by atomic mass is 14.9. The predicted molar refractivity (Wildman–Crippen MR) is 191 cm³/mol.